The molecule has 0 saturated heterocycles. The molecule has 0 fully saturated rings. The number of alkyl halides is 3. The Morgan fingerprint density at radius 1 is 0.667 bits per heavy atom. The van der Waals surface area contributed by atoms with Crippen molar-refractivity contribution in [2.45, 2.75) is 11.1 Å². The smallest absolute Gasteiger partial charge is 0.248 e. The van der Waals surface area contributed by atoms with Gasteiger partial charge in [-0.05, 0) is 59.0 Å². The fourth-order valence-corrected chi connectivity index (χ4v) is 3.85. The van der Waals surface area contributed by atoms with Gasteiger partial charge < -0.3 is 0 Å². The quantitative estimate of drug-likeness (QED) is 0.207. The van der Waals surface area contributed by atoms with Gasteiger partial charge in [0.1, 0.15) is 0 Å². The Bertz CT molecular complexity index is 1230. The zero-order valence-electron chi connectivity index (χ0n) is 17.5. The van der Waals surface area contributed by atoms with Crippen LogP contribution in [0.5, 0.6) is 0 Å². The predicted octanol–water partition coefficient (Wildman–Crippen LogP) is 8.80. The number of allylic oxidation sites excluding steroid dienone is 1. The summed E-state index contributed by atoms with van der Waals surface area (Å²) in [4.78, 5) is 5.50. The third-order valence-electron chi connectivity index (χ3n) is 4.91. The number of halogens is 3. The molecule has 0 aromatic heterocycles. The molecule has 0 radical (unpaired) electrons. The second-order valence-corrected chi connectivity index (χ2v) is 8.20. The summed E-state index contributed by atoms with van der Waals surface area (Å²) in [5.74, 6) is 0. The molecular formula is C28H20F3NS. The molecule has 0 saturated carbocycles. The van der Waals surface area contributed by atoms with Crippen LogP contribution in [0.15, 0.2) is 131 Å². The molecule has 0 spiro atoms. The average molecular weight is 460 g/mol. The van der Waals surface area contributed by atoms with Crippen LogP contribution in [0.2, 0.25) is 0 Å². The Balaban J connectivity index is 1.57. The molecular weight excluding hydrogens is 439 g/mol. The van der Waals surface area contributed by atoms with Gasteiger partial charge in [0.15, 0.2) is 0 Å². The molecule has 164 valence electrons. The number of hydrogen-bond donors (Lipinski definition) is 0. The second-order valence-electron chi connectivity index (χ2n) is 7.22. The molecule has 5 heteroatoms. The Hall–Kier alpha value is -3.57. The Morgan fingerprint density at radius 2 is 1.24 bits per heavy atom. The summed E-state index contributed by atoms with van der Waals surface area (Å²) in [6.45, 7) is 0. The summed E-state index contributed by atoms with van der Waals surface area (Å²) in [7, 11) is 0. The van der Waals surface area contributed by atoms with Crippen LogP contribution in [0.25, 0.3) is 11.1 Å². The van der Waals surface area contributed by atoms with Gasteiger partial charge in [0.25, 0.3) is 0 Å². The molecule has 0 aliphatic heterocycles. The van der Waals surface area contributed by atoms with Crippen molar-refractivity contribution in [2.75, 3.05) is 0 Å². The molecule has 0 aliphatic rings. The van der Waals surface area contributed by atoms with Crippen molar-refractivity contribution < 1.29 is 13.2 Å². The lowest BCUT2D eigenvalue weighted by atomic mass is 10.0. The van der Waals surface area contributed by atoms with Gasteiger partial charge in [-0.1, -0.05) is 84.6 Å². The molecule has 0 heterocycles. The van der Waals surface area contributed by atoms with E-state index in [4.69, 9.17) is 4.99 Å². The first-order valence-electron chi connectivity index (χ1n) is 10.3. The third-order valence-corrected chi connectivity index (χ3v) is 5.72. The molecule has 1 nitrogen and oxygen atoms in total. The molecule has 4 aromatic rings. The Labute approximate surface area is 195 Å². The van der Waals surface area contributed by atoms with Crippen molar-refractivity contribution in [3.05, 3.63) is 132 Å². The van der Waals surface area contributed by atoms with Gasteiger partial charge in [-0.3, -0.25) is 0 Å². The van der Waals surface area contributed by atoms with Gasteiger partial charge in [-0.2, -0.15) is 13.2 Å². The van der Waals surface area contributed by atoms with E-state index in [9.17, 15) is 13.2 Å². The summed E-state index contributed by atoms with van der Waals surface area (Å²) >= 11 is 1.34. The van der Waals surface area contributed by atoms with Crippen LogP contribution in [0, 0.1) is 0 Å². The largest absolute Gasteiger partial charge is 0.416 e. The van der Waals surface area contributed by atoms with Crippen molar-refractivity contribution in [1.82, 2.24) is 0 Å². The van der Waals surface area contributed by atoms with Crippen LogP contribution >= 0.6 is 11.8 Å². The topological polar surface area (TPSA) is 12.4 Å². The lowest BCUT2D eigenvalue weighted by Crippen LogP contribution is -2.03. The fourth-order valence-electron chi connectivity index (χ4n) is 3.20. The zero-order chi connectivity index (χ0) is 23.1. The maximum absolute atomic E-state index is 12.8. The fraction of sp³-hybridized carbons (Fsp3) is 0.0357. The van der Waals surface area contributed by atoms with E-state index in [0.29, 0.717) is 0 Å². The lowest BCUT2D eigenvalue weighted by molar-refractivity contribution is -0.137. The van der Waals surface area contributed by atoms with Crippen LogP contribution in [0.1, 0.15) is 11.1 Å². The maximum atomic E-state index is 12.8. The van der Waals surface area contributed by atoms with Gasteiger partial charge in [-0.15, -0.1) is 0 Å². The molecule has 4 rings (SSSR count). The number of para-hydroxylation sites is 1. The highest BCUT2D eigenvalue weighted by Gasteiger charge is 2.29. The first-order chi connectivity index (χ1) is 16.0. The molecule has 0 atom stereocenters. The highest BCUT2D eigenvalue weighted by atomic mass is 32.2. The van der Waals surface area contributed by atoms with Crippen LogP contribution in [-0.2, 0) is 6.18 Å². The van der Waals surface area contributed by atoms with Gasteiger partial charge >= 0.3 is 6.18 Å². The SMILES string of the molecule is FC(F)(F)c1ccc(SC=CC(=Nc2ccccc2)c2ccc(-c3ccccc3)cc2)cc1. The molecule has 0 aliphatic carbocycles. The van der Waals surface area contributed by atoms with Gasteiger partial charge in [-0.25, -0.2) is 4.99 Å². The predicted molar refractivity (Wildman–Crippen MR) is 131 cm³/mol. The minimum absolute atomic E-state index is 0.652. The van der Waals surface area contributed by atoms with Gasteiger partial charge in [0.05, 0.1) is 17.0 Å². The van der Waals surface area contributed by atoms with Crippen LogP contribution < -0.4 is 0 Å². The average Bonchev–Trinajstić information content (AvgIpc) is 2.84. The summed E-state index contributed by atoms with van der Waals surface area (Å²) in [5.41, 5.74) is 4.13. The molecule has 0 unspecified atom stereocenters. The Morgan fingerprint density at radius 3 is 1.85 bits per heavy atom. The third kappa shape index (κ3) is 6.24. The van der Waals surface area contributed by atoms with Gasteiger partial charge in [0.2, 0.25) is 0 Å². The van der Waals surface area contributed by atoms with E-state index in [-0.39, 0.29) is 0 Å². The summed E-state index contributed by atoms with van der Waals surface area (Å²) in [6, 6.07) is 33.1. The van der Waals surface area contributed by atoms with E-state index < -0.39 is 11.7 Å². The first-order valence-corrected chi connectivity index (χ1v) is 11.2. The summed E-state index contributed by atoms with van der Waals surface area (Å²) in [5, 5.41) is 1.84. The first kappa shape index (κ1) is 22.6. The van der Waals surface area contributed by atoms with E-state index >= 15 is 0 Å². The minimum Gasteiger partial charge on any atom is -0.248 e. The monoisotopic (exact) mass is 459 g/mol. The standard InChI is InChI=1S/C28H20F3NS/c29-28(30,31)24-15-17-26(18-16-24)33-20-19-27(32-25-9-5-2-6-10-25)23-13-11-22(12-14-23)21-7-3-1-4-8-21/h1-20H. The van der Waals surface area contributed by atoms with E-state index in [1.54, 1.807) is 0 Å². The normalized spacial score (nSPS) is 12.3. The van der Waals surface area contributed by atoms with E-state index in [1.807, 2.05) is 72.1 Å². The second kappa shape index (κ2) is 10.4. The van der Waals surface area contributed by atoms with Crippen molar-refractivity contribution >= 4 is 23.2 Å². The van der Waals surface area contributed by atoms with Crippen LogP contribution in [0.4, 0.5) is 18.9 Å². The van der Waals surface area contributed by atoms with E-state index in [0.717, 1.165) is 45.1 Å². The number of aliphatic imine (C=N–C) groups is 1. The number of rotatable bonds is 6. The van der Waals surface area contributed by atoms with Crippen LogP contribution in [0.3, 0.4) is 0 Å². The van der Waals surface area contributed by atoms with Crippen molar-refractivity contribution in [2.24, 2.45) is 4.99 Å². The summed E-state index contributed by atoms with van der Waals surface area (Å²) in [6.07, 6.45) is -2.45. The number of benzene rings is 4. The number of thioether (sulfide) groups is 1. The van der Waals surface area contributed by atoms with Crippen molar-refractivity contribution in [3.8, 4) is 11.1 Å². The van der Waals surface area contributed by atoms with Crippen molar-refractivity contribution in [1.29, 1.82) is 0 Å². The molecule has 33 heavy (non-hydrogen) atoms. The highest BCUT2D eigenvalue weighted by molar-refractivity contribution is 8.02. The van der Waals surface area contributed by atoms with E-state index in [1.165, 1.54) is 23.9 Å². The molecule has 0 N–H and O–H groups in total. The van der Waals surface area contributed by atoms with Gasteiger partial charge in [0, 0.05) is 10.5 Å². The highest BCUT2D eigenvalue weighted by Crippen LogP contribution is 2.31. The summed E-state index contributed by atoms with van der Waals surface area (Å²) < 4.78 is 38.3. The number of hydrogen-bond acceptors (Lipinski definition) is 2. The minimum atomic E-state index is -4.33. The molecule has 0 amide bonds. The Kier molecular flexibility index (Phi) is 7.10. The molecule has 4 aromatic carbocycles. The zero-order valence-corrected chi connectivity index (χ0v) is 18.4. The number of nitrogens with zero attached hydrogens (tertiary/aromatic N) is 1. The molecule has 0 bridgehead atoms. The maximum Gasteiger partial charge on any atom is 0.416 e. The van der Waals surface area contributed by atoms with Crippen LogP contribution in [-0.4, -0.2) is 5.71 Å². The lowest BCUT2D eigenvalue weighted by Gasteiger charge is -2.07. The van der Waals surface area contributed by atoms with Crippen molar-refractivity contribution in [3.63, 3.8) is 0 Å². The van der Waals surface area contributed by atoms with E-state index in [2.05, 4.69) is 24.3 Å².